The van der Waals surface area contributed by atoms with Crippen molar-refractivity contribution in [2.45, 2.75) is 27.7 Å². The number of aromatic nitrogens is 1. The first-order valence-electron chi connectivity index (χ1n) is 8.67. The first-order chi connectivity index (χ1) is 11.6. The molecule has 130 valence electrons. The van der Waals surface area contributed by atoms with Gasteiger partial charge in [0.05, 0.1) is 17.9 Å². The van der Waals surface area contributed by atoms with Crippen LogP contribution in [0.3, 0.4) is 0 Å². The summed E-state index contributed by atoms with van der Waals surface area (Å²) in [6, 6.07) is 12.8. The Morgan fingerprint density at radius 3 is 2.08 bits per heavy atom. The molecule has 0 aliphatic carbocycles. The van der Waals surface area contributed by atoms with Gasteiger partial charge in [-0.25, -0.2) is 4.57 Å². The van der Waals surface area contributed by atoms with Crippen molar-refractivity contribution < 1.29 is 9.30 Å². The third kappa shape index (κ3) is 3.97. The van der Waals surface area contributed by atoms with Gasteiger partial charge in [0.15, 0.2) is 6.20 Å². The SMILES string of the molecule is CC.CC.COc1ccc2c(c1)c[n+](C)c1cc(N(C)C)ccc21. The smallest absolute Gasteiger partial charge is 0.214 e. The number of rotatable bonds is 2. The highest BCUT2D eigenvalue weighted by Gasteiger charge is 2.12. The molecule has 0 bridgehead atoms. The summed E-state index contributed by atoms with van der Waals surface area (Å²) in [6.45, 7) is 8.00. The number of aryl methyl sites for hydroxylation is 1. The summed E-state index contributed by atoms with van der Waals surface area (Å²) < 4.78 is 7.48. The summed E-state index contributed by atoms with van der Waals surface area (Å²) >= 11 is 0. The molecule has 0 unspecified atom stereocenters. The van der Waals surface area contributed by atoms with E-state index >= 15 is 0 Å². The molecule has 3 heteroatoms. The van der Waals surface area contributed by atoms with Crippen LogP contribution in [0.15, 0.2) is 42.6 Å². The molecule has 0 saturated carbocycles. The fraction of sp³-hybridized carbons (Fsp3) is 0.381. The Morgan fingerprint density at radius 1 is 0.875 bits per heavy atom. The van der Waals surface area contributed by atoms with Crippen LogP contribution in [0, 0.1) is 0 Å². The highest BCUT2D eigenvalue weighted by Crippen LogP contribution is 2.28. The normalized spacial score (nSPS) is 9.67. The number of hydrogen-bond donors (Lipinski definition) is 0. The zero-order valence-corrected chi connectivity index (χ0v) is 16.3. The van der Waals surface area contributed by atoms with E-state index in [9.17, 15) is 0 Å². The van der Waals surface area contributed by atoms with E-state index in [1.807, 2.05) is 33.8 Å². The second kappa shape index (κ2) is 9.11. The molecule has 0 radical (unpaired) electrons. The summed E-state index contributed by atoms with van der Waals surface area (Å²) in [5.41, 5.74) is 2.44. The first kappa shape index (κ1) is 19.8. The molecule has 0 N–H and O–H groups in total. The van der Waals surface area contributed by atoms with Crippen molar-refractivity contribution in [2.24, 2.45) is 7.05 Å². The summed E-state index contributed by atoms with van der Waals surface area (Å²) in [5.74, 6) is 0.891. The van der Waals surface area contributed by atoms with Crippen LogP contribution >= 0.6 is 0 Å². The maximum atomic E-state index is 5.31. The predicted molar refractivity (Wildman–Crippen MR) is 106 cm³/mol. The monoisotopic (exact) mass is 327 g/mol. The van der Waals surface area contributed by atoms with Crippen molar-refractivity contribution in [3.8, 4) is 5.75 Å². The standard InChI is InChI=1S/C17H19N2O.2C2H6/c1-18(2)13-5-7-16-15-8-6-14(20-4)9-12(15)11-19(3)17(16)10-13;2*1-2/h5-11H,1-4H3;2*1-2H3/q+1;;. The van der Waals surface area contributed by atoms with Gasteiger partial charge in [-0.2, -0.15) is 0 Å². The lowest BCUT2D eigenvalue weighted by molar-refractivity contribution is -0.643. The van der Waals surface area contributed by atoms with E-state index in [4.69, 9.17) is 4.74 Å². The molecule has 0 atom stereocenters. The lowest BCUT2D eigenvalue weighted by Crippen LogP contribution is -2.28. The van der Waals surface area contributed by atoms with Crippen LogP contribution < -0.4 is 14.2 Å². The van der Waals surface area contributed by atoms with E-state index in [0.717, 1.165) is 5.75 Å². The Labute approximate surface area is 146 Å². The molecule has 0 aliphatic rings. The predicted octanol–water partition coefficient (Wildman–Crippen LogP) is 4.94. The van der Waals surface area contributed by atoms with Gasteiger partial charge in [-0.05, 0) is 30.3 Å². The number of anilines is 1. The largest absolute Gasteiger partial charge is 0.497 e. The summed E-state index contributed by atoms with van der Waals surface area (Å²) in [4.78, 5) is 2.12. The molecule has 0 saturated heterocycles. The van der Waals surface area contributed by atoms with Crippen molar-refractivity contribution in [3.05, 3.63) is 42.6 Å². The van der Waals surface area contributed by atoms with Crippen LogP contribution in [0.5, 0.6) is 5.75 Å². The molecule has 0 aliphatic heterocycles. The maximum absolute atomic E-state index is 5.31. The maximum Gasteiger partial charge on any atom is 0.214 e. The van der Waals surface area contributed by atoms with E-state index in [0.29, 0.717) is 0 Å². The van der Waals surface area contributed by atoms with Gasteiger partial charge < -0.3 is 9.64 Å². The van der Waals surface area contributed by atoms with Crippen LogP contribution in [0.1, 0.15) is 27.7 Å². The van der Waals surface area contributed by atoms with Gasteiger partial charge in [-0.1, -0.05) is 27.7 Å². The Kier molecular flexibility index (Phi) is 7.50. The van der Waals surface area contributed by atoms with E-state index in [2.05, 4.69) is 67.1 Å². The van der Waals surface area contributed by atoms with Crippen LogP contribution in [0.2, 0.25) is 0 Å². The van der Waals surface area contributed by atoms with Crippen LogP contribution in [-0.2, 0) is 7.05 Å². The summed E-state index contributed by atoms with van der Waals surface area (Å²) in [6.07, 6.45) is 2.15. The zero-order valence-electron chi connectivity index (χ0n) is 16.3. The minimum Gasteiger partial charge on any atom is -0.497 e. The zero-order chi connectivity index (χ0) is 18.3. The average Bonchev–Trinajstić information content (AvgIpc) is 2.64. The molecule has 0 fully saturated rings. The molecular weight excluding hydrogens is 296 g/mol. The fourth-order valence-corrected chi connectivity index (χ4v) is 2.62. The number of ether oxygens (including phenoxy) is 1. The highest BCUT2D eigenvalue weighted by atomic mass is 16.5. The van der Waals surface area contributed by atoms with Gasteiger partial charge in [0.25, 0.3) is 0 Å². The van der Waals surface area contributed by atoms with E-state index in [1.54, 1.807) is 7.11 Å². The molecular formula is C21H31N2O+. The molecule has 3 aromatic rings. The van der Waals surface area contributed by atoms with Crippen molar-refractivity contribution >= 4 is 27.4 Å². The number of hydrogen-bond acceptors (Lipinski definition) is 2. The van der Waals surface area contributed by atoms with Crippen LogP contribution in [0.4, 0.5) is 5.69 Å². The van der Waals surface area contributed by atoms with Gasteiger partial charge >= 0.3 is 0 Å². The lowest BCUT2D eigenvalue weighted by Gasteiger charge is -2.12. The van der Waals surface area contributed by atoms with E-state index < -0.39 is 0 Å². The second-order valence-electron chi connectivity index (χ2n) is 5.29. The van der Waals surface area contributed by atoms with Crippen LogP contribution in [-0.4, -0.2) is 21.2 Å². The molecule has 1 aromatic heterocycles. The second-order valence-corrected chi connectivity index (χ2v) is 5.29. The number of pyridine rings is 1. The van der Waals surface area contributed by atoms with Crippen molar-refractivity contribution in [1.82, 2.24) is 0 Å². The van der Waals surface area contributed by atoms with Crippen LogP contribution in [0.25, 0.3) is 21.7 Å². The first-order valence-corrected chi connectivity index (χ1v) is 8.67. The third-order valence-electron chi connectivity index (χ3n) is 3.76. The Hall–Kier alpha value is -2.29. The number of nitrogens with zero attached hydrogens (tertiary/aromatic N) is 2. The van der Waals surface area contributed by atoms with Gasteiger partial charge in [0.2, 0.25) is 5.52 Å². The van der Waals surface area contributed by atoms with Gasteiger partial charge in [0.1, 0.15) is 12.8 Å². The highest BCUT2D eigenvalue weighted by molar-refractivity contribution is 6.04. The molecule has 2 aromatic carbocycles. The van der Waals surface area contributed by atoms with Crippen molar-refractivity contribution in [1.29, 1.82) is 0 Å². The lowest BCUT2D eigenvalue weighted by atomic mass is 10.1. The molecule has 0 amide bonds. The molecule has 0 spiro atoms. The average molecular weight is 327 g/mol. The summed E-state index contributed by atoms with van der Waals surface area (Å²) in [5, 5.41) is 3.71. The Balaban J connectivity index is 0.000000671. The van der Waals surface area contributed by atoms with E-state index in [-0.39, 0.29) is 0 Å². The van der Waals surface area contributed by atoms with Gasteiger partial charge in [-0.3, -0.25) is 0 Å². The van der Waals surface area contributed by atoms with Crippen molar-refractivity contribution in [3.63, 3.8) is 0 Å². The quantitative estimate of drug-likeness (QED) is 0.489. The topological polar surface area (TPSA) is 16.4 Å². The number of benzene rings is 2. The molecule has 24 heavy (non-hydrogen) atoms. The Bertz CT molecular complexity index is 795. The molecule has 1 heterocycles. The third-order valence-corrected chi connectivity index (χ3v) is 3.76. The number of fused-ring (bicyclic) bond motifs is 3. The Morgan fingerprint density at radius 2 is 1.50 bits per heavy atom. The summed E-state index contributed by atoms with van der Waals surface area (Å²) in [7, 11) is 7.91. The van der Waals surface area contributed by atoms with E-state index in [1.165, 1.54) is 27.4 Å². The van der Waals surface area contributed by atoms with Crippen molar-refractivity contribution in [2.75, 3.05) is 26.1 Å². The van der Waals surface area contributed by atoms with Gasteiger partial charge in [0, 0.05) is 31.2 Å². The number of methoxy groups -OCH3 is 1. The fourth-order valence-electron chi connectivity index (χ4n) is 2.62. The minimum absolute atomic E-state index is 0.891. The molecule has 3 rings (SSSR count). The minimum atomic E-state index is 0.891. The van der Waals surface area contributed by atoms with Gasteiger partial charge in [-0.15, -0.1) is 0 Å². The molecule has 3 nitrogen and oxygen atoms in total.